The van der Waals surface area contributed by atoms with Gasteiger partial charge in [-0.1, -0.05) is 22.0 Å². The zero-order valence-electron chi connectivity index (χ0n) is 9.51. The Morgan fingerprint density at radius 1 is 1.50 bits per heavy atom. The quantitative estimate of drug-likeness (QED) is 0.904. The zero-order valence-corrected chi connectivity index (χ0v) is 11.1. The van der Waals surface area contributed by atoms with Crippen molar-refractivity contribution >= 4 is 27.5 Å². The number of imidazole rings is 1. The molecule has 0 atom stereocenters. The first-order valence-corrected chi connectivity index (χ1v) is 6.13. The van der Waals surface area contributed by atoms with Gasteiger partial charge in [0.05, 0.1) is 18.6 Å². The first-order chi connectivity index (χ1) is 8.67. The highest BCUT2D eigenvalue weighted by molar-refractivity contribution is 9.10. The maximum atomic E-state index is 11.8. The van der Waals surface area contributed by atoms with E-state index < -0.39 is 0 Å². The van der Waals surface area contributed by atoms with E-state index in [4.69, 9.17) is 5.11 Å². The van der Waals surface area contributed by atoms with Gasteiger partial charge in [-0.3, -0.25) is 4.79 Å². The largest absolute Gasteiger partial charge is 0.390 e. The van der Waals surface area contributed by atoms with Gasteiger partial charge in [0.1, 0.15) is 6.54 Å². The molecule has 6 heteroatoms. The van der Waals surface area contributed by atoms with Crippen molar-refractivity contribution in [2.45, 2.75) is 13.2 Å². The number of hydrogen-bond acceptors (Lipinski definition) is 3. The molecule has 1 amide bonds. The van der Waals surface area contributed by atoms with E-state index in [0.717, 1.165) is 10.2 Å². The molecule has 1 aromatic heterocycles. The van der Waals surface area contributed by atoms with Crippen LogP contribution in [0.15, 0.2) is 41.3 Å². The number of hydrogen-bond donors (Lipinski definition) is 2. The summed E-state index contributed by atoms with van der Waals surface area (Å²) in [7, 11) is 0. The topological polar surface area (TPSA) is 67.2 Å². The summed E-state index contributed by atoms with van der Waals surface area (Å²) in [5, 5.41) is 11.6. The van der Waals surface area contributed by atoms with Gasteiger partial charge in [-0.05, 0) is 18.2 Å². The zero-order chi connectivity index (χ0) is 13.0. The van der Waals surface area contributed by atoms with E-state index in [0.29, 0.717) is 5.69 Å². The van der Waals surface area contributed by atoms with Gasteiger partial charge >= 0.3 is 0 Å². The summed E-state index contributed by atoms with van der Waals surface area (Å²) in [6.07, 6.45) is 3.16. The lowest BCUT2D eigenvalue weighted by Gasteiger charge is -2.05. The van der Waals surface area contributed by atoms with Crippen LogP contribution in [0.25, 0.3) is 0 Å². The van der Waals surface area contributed by atoms with Gasteiger partial charge in [0.2, 0.25) is 5.91 Å². The molecule has 2 aromatic rings. The number of aliphatic hydroxyl groups excluding tert-OH is 1. The number of nitrogens with zero attached hydrogens (tertiary/aromatic N) is 2. The summed E-state index contributed by atoms with van der Waals surface area (Å²) >= 11 is 3.34. The van der Waals surface area contributed by atoms with E-state index in [1.807, 2.05) is 24.3 Å². The minimum atomic E-state index is -0.144. The van der Waals surface area contributed by atoms with Crippen LogP contribution in [0, 0.1) is 0 Å². The summed E-state index contributed by atoms with van der Waals surface area (Å²) in [4.78, 5) is 15.7. The molecule has 18 heavy (non-hydrogen) atoms. The fourth-order valence-corrected chi connectivity index (χ4v) is 1.91. The summed E-state index contributed by atoms with van der Waals surface area (Å²) in [5.41, 5.74) is 1.28. The molecule has 2 N–H and O–H groups in total. The van der Waals surface area contributed by atoms with Crippen LogP contribution in [-0.2, 0) is 17.9 Å². The average molecular weight is 310 g/mol. The van der Waals surface area contributed by atoms with Crippen molar-refractivity contribution in [3.8, 4) is 0 Å². The minimum Gasteiger partial charge on any atom is -0.390 e. The highest BCUT2D eigenvalue weighted by Crippen LogP contribution is 2.15. The van der Waals surface area contributed by atoms with Crippen molar-refractivity contribution in [3.05, 3.63) is 47.0 Å². The molecule has 2 rings (SSSR count). The predicted molar refractivity (Wildman–Crippen MR) is 70.9 cm³/mol. The SMILES string of the molecule is O=C(Cn1cnc(CO)c1)Nc1cccc(Br)c1. The number of aliphatic hydroxyl groups is 1. The third-order valence-corrected chi connectivity index (χ3v) is 2.78. The van der Waals surface area contributed by atoms with E-state index in [2.05, 4.69) is 26.2 Å². The highest BCUT2D eigenvalue weighted by atomic mass is 79.9. The van der Waals surface area contributed by atoms with Crippen molar-refractivity contribution in [1.82, 2.24) is 9.55 Å². The molecule has 0 saturated carbocycles. The second-order valence-electron chi connectivity index (χ2n) is 3.75. The van der Waals surface area contributed by atoms with Gasteiger partial charge in [-0.25, -0.2) is 4.98 Å². The molecular weight excluding hydrogens is 298 g/mol. The van der Waals surface area contributed by atoms with Crippen LogP contribution >= 0.6 is 15.9 Å². The fourth-order valence-electron chi connectivity index (χ4n) is 1.51. The smallest absolute Gasteiger partial charge is 0.244 e. The number of amides is 1. The monoisotopic (exact) mass is 309 g/mol. The van der Waals surface area contributed by atoms with Gasteiger partial charge in [0.15, 0.2) is 0 Å². The molecule has 94 valence electrons. The molecule has 0 spiro atoms. The van der Waals surface area contributed by atoms with Crippen molar-refractivity contribution in [2.75, 3.05) is 5.32 Å². The van der Waals surface area contributed by atoms with Crippen molar-refractivity contribution < 1.29 is 9.90 Å². The third-order valence-electron chi connectivity index (χ3n) is 2.28. The summed E-state index contributed by atoms with van der Waals surface area (Å²) in [5.74, 6) is -0.144. The average Bonchev–Trinajstić information content (AvgIpc) is 2.76. The van der Waals surface area contributed by atoms with E-state index >= 15 is 0 Å². The lowest BCUT2D eigenvalue weighted by atomic mass is 10.3. The summed E-state index contributed by atoms with van der Waals surface area (Å²) in [6, 6.07) is 7.38. The maximum Gasteiger partial charge on any atom is 0.244 e. The van der Waals surface area contributed by atoms with Crippen molar-refractivity contribution in [1.29, 1.82) is 0 Å². The Morgan fingerprint density at radius 2 is 2.33 bits per heavy atom. The molecule has 0 saturated heterocycles. The first-order valence-electron chi connectivity index (χ1n) is 5.34. The van der Waals surface area contributed by atoms with Crippen LogP contribution in [0.4, 0.5) is 5.69 Å². The Hall–Kier alpha value is -1.66. The maximum absolute atomic E-state index is 11.8. The predicted octanol–water partition coefficient (Wildman–Crippen LogP) is 1.78. The molecule has 0 aliphatic rings. The molecule has 0 unspecified atom stereocenters. The molecule has 1 heterocycles. The number of anilines is 1. The van der Waals surface area contributed by atoms with Crippen LogP contribution in [0.1, 0.15) is 5.69 Å². The Balaban J connectivity index is 1.96. The fraction of sp³-hybridized carbons (Fsp3) is 0.167. The van der Waals surface area contributed by atoms with Crippen molar-refractivity contribution in [2.24, 2.45) is 0 Å². The van der Waals surface area contributed by atoms with Crippen LogP contribution < -0.4 is 5.32 Å². The molecule has 0 fully saturated rings. The third kappa shape index (κ3) is 3.41. The molecular formula is C12H12BrN3O2. The number of carbonyl (C=O) groups excluding carboxylic acids is 1. The lowest BCUT2D eigenvalue weighted by Crippen LogP contribution is -2.17. The molecule has 0 radical (unpaired) electrons. The van der Waals surface area contributed by atoms with E-state index in [1.165, 1.54) is 6.33 Å². The number of halogens is 1. The second kappa shape index (κ2) is 5.79. The molecule has 0 bridgehead atoms. The van der Waals surface area contributed by atoms with Crippen LogP contribution in [-0.4, -0.2) is 20.6 Å². The molecule has 0 aliphatic heterocycles. The van der Waals surface area contributed by atoms with Gasteiger partial charge in [-0.15, -0.1) is 0 Å². The van der Waals surface area contributed by atoms with Gasteiger partial charge < -0.3 is 15.0 Å². The summed E-state index contributed by atoms with van der Waals surface area (Å²) in [6.45, 7) is 0.0414. The Bertz CT molecular complexity index is 554. The van der Waals surface area contributed by atoms with Crippen LogP contribution in [0.5, 0.6) is 0 Å². The Kier molecular flexibility index (Phi) is 4.11. The van der Waals surface area contributed by atoms with Gasteiger partial charge in [0, 0.05) is 16.4 Å². The Labute approximate surface area is 113 Å². The number of aromatic nitrogens is 2. The standard InChI is InChI=1S/C12H12BrN3O2/c13-9-2-1-3-10(4-9)15-12(18)6-16-5-11(7-17)14-8-16/h1-5,8,17H,6-7H2,(H,15,18). The van der Waals surface area contributed by atoms with Crippen LogP contribution in [0.3, 0.4) is 0 Å². The molecule has 5 nitrogen and oxygen atoms in total. The molecule has 1 aromatic carbocycles. The van der Waals surface area contributed by atoms with Gasteiger partial charge in [-0.2, -0.15) is 0 Å². The van der Waals surface area contributed by atoms with Crippen molar-refractivity contribution in [3.63, 3.8) is 0 Å². The normalized spacial score (nSPS) is 10.3. The second-order valence-corrected chi connectivity index (χ2v) is 4.67. The highest BCUT2D eigenvalue weighted by Gasteiger charge is 2.05. The minimum absolute atomic E-state index is 0.125. The summed E-state index contributed by atoms with van der Waals surface area (Å²) < 4.78 is 2.53. The van der Waals surface area contributed by atoms with Gasteiger partial charge in [0.25, 0.3) is 0 Å². The molecule has 0 aliphatic carbocycles. The van der Waals surface area contributed by atoms with E-state index in [1.54, 1.807) is 10.8 Å². The Morgan fingerprint density at radius 3 is 3.00 bits per heavy atom. The lowest BCUT2D eigenvalue weighted by molar-refractivity contribution is -0.116. The number of benzene rings is 1. The number of nitrogens with one attached hydrogen (secondary N) is 1. The first kappa shape index (κ1) is 12.8. The number of rotatable bonds is 4. The number of carbonyl (C=O) groups is 1. The van der Waals surface area contributed by atoms with E-state index in [-0.39, 0.29) is 19.1 Å². The van der Waals surface area contributed by atoms with Crippen LogP contribution in [0.2, 0.25) is 0 Å². The van der Waals surface area contributed by atoms with E-state index in [9.17, 15) is 4.79 Å².